The molecule has 1 heterocycles. The highest BCUT2D eigenvalue weighted by molar-refractivity contribution is 5.79. The Kier molecular flexibility index (Phi) is 9.09. The summed E-state index contributed by atoms with van der Waals surface area (Å²) in [7, 11) is 3.58. The molecular weight excluding hydrogens is 364 g/mol. The number of rotatable bonds is 10. The number of likely N-dealkylation sites (tertiary alicyclic amines) is 1. The highest BCUT2D eigenvalue weighted by Gasteiger charge is 2.26. The molecule has 2 aliphatic rings. The number of nitrogens with zero attached hydrogens (tertiary/aromatic N) is 2. The molecule has 0 aromatic heterocycles. The Morgan fingerprint density at radius 2 is 1.90 bits per heavy atom. The lowest BCUT2D eigenvalue weighted by Gasteiger charge is -2.30. The van der Waals surface area contributed by atoms with Gasteiger partial charge in [-0.2, -0.15) is 0 Å². The fraction of sp³-hybridized carbons (Fsp3) is 0.696. The molecule has 2 N–H and O–H groups in total. The van der Waals surface area contributed by atoms with Gasteiger partial charge in [0.2, 0.25) is 0 Å². The molecule has 1 aromatic rings. The zero-order valence-electron chi connectivity index (χ0n) is 18.2. The number of aliphatic imine (C=N–C) groups is 1. The minimum absolute atomic E-state index is 0.276. The average molecular weight is 403 g/mol. The van der Waals surface area contributed by atoms with E-state index in [0.717, 1.165) is 50.9 Å². The lowest BCUT2D eigenvalue weighted by atomic mass is 10.0. The van der Waals surface area contributed by atoms with Crippen LogP contribution < -0.4 is 15.4 Å². The highest BCUT2D eigenvalue weighted by Crippen LogP contribution is 2.31. The summed E-state index contributed by atoms with van der Waals surface area (Å²) in [4.78, 5) is 6.95. The molecule has 6 nitrogen and oxygen atoms in total. The summed E-state index contributed by atoms with van der Waals surface area (Å²) in [5, 5.41) is 6.96. The van der Waals surface area contributed by atoms with Crippen LogP contribution in [0.25, 0.3) is 0 Å². The van der Waals surface area contributed by atoms with Gasteiger partial charge in [-0.1, -0.05) is 31.0 Å². The Hall–Kier alpha value is -1.79. The third-order valence-corrected chi connectivity index (χ3v) is 6.04. The van der Waals surface area contributed by atoms with E-state index in [4.69, 9.17) is 9.47 Å². The Morgan fingerprint density at radius 3 is 2.62 bits per heavy atom. The molecule has 6 heteroatoms. The van der Waals surface area contributed by atoms with E-state index in [2.05, 4.69) is 38.7 Å². The van der Waals surface area contributed by atoms with Crippen molar-refractivity contribution in [1.82, 2.24) is 15.5 Å². The second-order valence-electron chi connectivity index (χ2n) is 8.01. The van der Waals surface area contributed by atoms with Gasteiger partial charge in [-0.25, -0.2) is 0 Å². The van der Waals surface area contributed by atoms with Crippen LogP contribution in [0.3, 0.4) is 0 Å². The molecule has 0 bridgehead atoms. The summed E-state index contributed by atoms with van der Waals surface area (Å²) in [6.45, 7) is 4.77. The van der Waals surface area contributed by atoms with Crippen LogP contribution in [0.1, 0.15) is 56.6 Å². The Labute approximate surface area is 176 Å². The average Bonchev–Trinajstić information content (AvgIpc) is 3.47. The van der Waals surface area contributed by atoms with E-state index in [1.165, 1.54) is 44.1 Å². The van der Waals surface area contributed by atoms with Crippen molar-refractivity contribution in [1.29, 1.82) is 0 Å². The first kappa shape index (κ1) is 21.9. The molecule has 2 fully saturated rings. The standard InChI is InChI=1S/C23H38N4O2/c1-24-23(25-14-9-17-29-19-10-3-4-11-19)26-18-21(27-15-7-8-16-27)20-12-5-6-13-22(20)28-2/h5-6,12-13,19,21H,3-4,7-11,14-18H2,1-2H3,(H2,24,25,26). The molecule has 1 aliphatic carbocycles. The predicted octanol–water partition coefficient (Wildman–Crippen LogP) is 3.35. The summed E-state index contributed by atoms with van der Waals surface area (Å²) < 4.78 is 11.6. The van der Waals surface area contributed by atoms with Crippen molar-refractivity contribution in [3.63, 3.8) is 0 Å². The summed E-state index contributed by atoms with van der Waals surface area (Å²) in [5.74, 6) is 1.81. The molecule has 1 aromatic carbocycles. The summed E-state index contributed by atoms with van der Waals surface area (Å²) in [6, 6.07) is 8.64. The number of hydrogen-bond donors (Lipinski definition) is 2. The smallest absolute Gasteiger partial charge is 0.191 e. The zero-order chi connectivity index (χ0) is 20.3. The normalized spacial score (nSPS) is 19.4. The minimum Gasteiger partial charge on any atom is -0.496 e. The quantitative estimate of drug-likeness (QED) is 0.357. The van der Waals surface area contributed by atoms with Crippen LogP contribution in [0.4, 0.5) is 0 Å². The van der Waals surface area contributed by atoms with E-state index in [9.17, 15) is 0 Å². The highest BCUT2D eigenvalue weighted by atomic mass is 16.5. The number of guanidine groups is 1. The van der Waals surface area contributed by atoms with Crippen LogP contribution in [0.2, 0.25) is 0 Å². The zero-order valence-corrected chi connectivity index (χ0v) is 18.2. The van der Waals surface area contributed by atoms with Gasteiger partial charge in [-0.05, 0) is 51.3 Å². The molecule has 3 rings (SSSR count). The van der Waals surface area contributed by atoms with Crippen LogP contribution in [-0.2, 0) is 4.74 Å². The van der Waals surface area contributed by atoms with Crippen molar-refractivity contribution in [3.05, 3.63) is 29.8 Å². The maximum Gasteiger partial charge on any atom is 0.191 e. The van der Waals surface area contributed by atoms with Gasteiger partial charge in [0.25, 0.3) is 0 Å². The second kappa shape index (κ2) is 12.0. The molecule has 162 valence electrons. The number of nitrogens with one attached hydrogen (secondary N) is 2. The maximum absolute atomic E-state index is 5.95. The monoisotopic (exact) mass is 402 g/mol. The topological polar surface area (TPSA) is 58.1 Å². The van der Waals surface area contributed by atoms with Crippen molar-refractivity contribution >= 4 is 5.96 Å². The minimum atomic E-state index is 0.276. The van der Waals surface area contributed by atoms with Crippen molar-refractivity contribution in [2.45, 2.75) is 57.1 Å². The Morgan fingerprint density at radius 1 is 1.14 bits per heavy atom. The van der Waals surface area contributed by atoms with Gasteiger partial charge < -0.3 is 20.1 Å². The number of ether oxygens (including phenoxy) is 2. The van der Waals surface area contributed by atoms with Gasteiger partial charge in [0.05, 0.1) is 19.3 Å². The first-order chi connectivity index (χ1) is 14.3. The van der Waals surface area contributed by atoms with Gasteiger partial charge in [-0.3, -0.25) is 9.89 Å². The third-order valence-electron chi connectivity index (χ3n) is 6.04. The van der Waals surface area contributed by atoms with Crippen LogP contribution in [0.15, 0.2) is 29.3 Å². The first-order valence-corrected chi connectivity index (χ1v) is 11.2. The summed E-state index contributed by atoms with van der Waals surface area (Å²) in [6.07, 6.45) is 9.13. The van der Waals surface area contributed by atoms with Crippen LogP contribution in [-0.4, -0.2) is 63.9 Å². The predicted molar refractivity (Wildman–Crippen MR) is 119 cm³/mol. The van der Waals surface area contributed by atoms with Gasteiger partial charge in [0.1, 0.15) is 5.75 Å². The number of para-hydroxylation sites is 1. The van der Waals surface area contributed by atoms with Crippen molar-refractivity contribution in [2.75, 3.05) is 46.9 Å². The Balaban J connectivity index is 1.48. The molecule has 0 amide bonds. The molecule has 1 unspecified atom stereocenters. The molecular formula is C23H38N4O2. The molecule has 1 saturated carbocycles. The fourth-order valence-electron chi connectivity index (χ4n) is 4.43. The molecule has 1 saturated heterocycles. The first-order valence-electron chi connectivity index (χ1n) is 11.2. The van der Waals surface area contributed by atoms with E-state index in [0.29, 0.717) is 6.10 Å². The summed E-state index contributed by atoms with van der Waals surface area (Å²) in [5.41, 5.74) is 1.24. The fourth-order valence-corrected chi connectivity index (χ4v) is 4.43. The molecule has 0 radical (unpaired) electrons. The van der Waals surface area contributed by atoms with Crippen molar-refractivity contribution in [3.8, 4) is 5.75 Å². The van der Waals surface area contributed by atoms with Crippen LogP contribution in [0.5, 0.6) is 5.75 Å². The number of benzene rings is 1. The lowest BCUT2D eigenvalue weighted by Crippen LogP contribution is -2.43. The second-order valence-corrected chi connectivity index (χ2v) is 8.01. The maximum atomic E-state index is 5.95. The molecule has 1 atom stereocenters. The van der Waals surface area contributed by atoms with E-state index in [-0.39, 0.29) is 6.04 Å². The van der Waals surface area contributed by atoms with E-state index < -0.39 is 0 Å². The van der Waals surface area contributed by atoms with Gasteiger partial charge in [-0.15, -0.1) is 0 Å². The molecule has 29 heavy (non-hydrogen) atoms. The van der Waals surface area contributed by atoms with E-state index in [1.54, 1.807) is 7.11 Å². The van der Waals surface area contributed by atoms with Crippen molar-refractivity contribution < 1.29 is 9.47 Å². The largest absolute Gasteiger partial charge is 0.496 e. The third kappa shape index (κ3) is 6.61. The van der Waals surface area contributed by atoms with Crippen LogP contribution >= 0.6 is 0 Å². The number of hydrogen-bond acceptors (Lipinski definition) is 4. The summed E-state index contributed by atoms with van der Waals surface area (Å²) >= 11 is 0. The number of methoxy groups -OCH3 is 1. The molecule has 1 aliphatic heterocycles. The molecule has 0 spiro atoms. The Bertz CT molecular complexity index is 625. The van der Waals surface area contributed by atoms with E-state index in [1.807, 2.05) is 13.1 Å². The van der Waals surface area contributed by atoms with Gasteiger partial charge >= 0.3 is 0 Å². The van der Waals surface area contributed by atoms with Crippen molar-refractivity contribution in [2.24, 2.45) is 4.99 Å². The van der Waals surface area contributed by atoms with Gasteiger partial charge in [0.15, 0.2) is 5.96 Å². The van der Waals surface area contributed by atoms with Gasteiger partial charge in [0, 0.05) is 32.3 Å². The lowest BCUT2D eigenvalue weighted by molar-refractivity contribution is 0.0574. The van der Waals surface area contributed by atoms with E-state index >= 15 is 0 Å². The SMILES string of the molecule is CN=C(NCCCOC1CCCC1)NCC(c1ccccc1OC)N1CCCC1. The van der Waals surface area contributed by atoms with Crippen LogP contribution in [0, 0.1) is 0 Å².